The first-order valence-corrected chi connectivity index (χ1v) is 8.22. The summed E-state index contributed by atoms with van der Waals surface area (Å²) in [5.41, 5.74) is 2.91. The minimum absolute atomic E-state index is 0.518. The summed E-state index contributed by atoms with van der Waals surface area (Å²) in [6.45, 7) is 2.13. The van der Waals surface area contributed by atoms with E-state index in [2.05, 4.69) is 39.5 Å². The molecular weight excluding hydrogens is 397 g/mol. The Morgan fingerprint density at radius 2 is 1.95 bits per heavy atom. The van der Waals surface area contributed by atoms with Crippen LogP contribution in [0.3, 0.4) is 0 Å². The summed E-state index contributed by atoms with van der Waals surface area (Å²) in [7, 11) is 0. The molecule has 0 atom stereocenters. The molecule has 5 heteroatoms. The average molecular weight is 410 g/mol. The minimum Gasteiger partial charge on any atom is -0.256 e. The third kappa shape index (κ3) is 2.87. The predicted molar refractivity (Wildman–Crippen MR) is 94.5 cm³/mol. The fourth-order valence-corrected chi connectivity index (χ4v) is 2.98. The molecular formula is C16H13ClIN3. The van der Waals surface area contributed by atoms with Crippen molar-refractivity contribution >= 4 is 45.1 Å². The molecule has 0 spiro atoms. The van der Waals surface area contributed by atoms with Gasteiger partial charge in [-0.3, -0.25) is 4.98 Å². The maximum Gasteiger partial charge on any atom is 0.161 e. The van der Waals surface area contributed by atoms with E-state index in [0.717, 1.165) is 38.6 Å². The first kappa shape index (κ1) is 14.7. The highest BCUT2D eigenvalue weighted by Gasteiger charge is 2.13. The number of hydrogen-bond donors (Lipinski definition) is 0. The third-order valence-electron chi connectivity index (χ3n) is 3.26. The van der Waals surface area contributed by atoms with Gasteiger partial charge in [-0.15, -0.1) is 0 Å². The lowest BCUT2D eigenvalue weighted by atomic mass is 10.1. The van der Waals surface area contributed by atoms with E-state index >= 15 is 0 Å². The van der Waals surface area contributed by atoms with Crippen LogP contribution in [0.1, 0.15) is 19.0 Å². The number of rotatable bonds is 3. The quantitative estimate of drug-likeness (QED) is 0.456. The summed E-state index contributed by atoms with van der Waals surface area (Å²) < 4.78 is 0.943. The van der Waals surface area contributed by atoms with Crippen molar-refractivity contribution in [1.82, 2.24) is 15.0 Å². The number of aromatic nitrogens is 3. The van der Waals surface area contributed by atoms with E-state index < -0.39 is 0 Å². The van der Waals surface area contributed by atoms with E-state index in [-0.39, 0.29) is 0 Å². The highest BCUT2D eigenvalue weighted by Crippen LogP contribution is 2.28. The molecule has 3 aromatic rings. The summed E-state index contributed by atoms with van der Waals surface area (Å²) in [5, 5.41) is 1.56. The highest BCUT2D eigenvalue weighted by atomic mass is 127. The number of nitrogens with zero attached hydrogens (tertiary/aromatic N) is 3. The standard InChI is InChI=1S/C16H13ClIN3/c1-2-5-13-14(18)15(17)21-16(20-13)11-8-9-19-12-7-4-3-6-10(11)12/h3-4,6-9H,2,5H2,1H3. The van der Waals surface area contributed by atoms with Gasteiger partial charge in [-0.25, -0.2) is 9.97 Å². The van der Waals surface area contributed by atoms with Gasteiger partial charge >= 0.3 is 0 Å². The van der Waals surface area contributed by atoms with Crippen LogP contribution < -0.4 is 0 Å². The molecule has 3 nitrogen and oxygen atoms in total. The molecule has 2 aromatic heterocycles. The fourth-order valence-electron chi connectivity index (χ4n) is 2.28. The number of para-hydroxylation sites is 1. The van der Waals surface area contributed by atoms with E-state index in [1.165, 1.54) is 0 Å². The zero-order valence-electron chi connectivity index (χ0n) is 11.5. The molecule has 106 valence electrons. The first-order valence-electron chi connectivity index (χ1n) is 6.76. The van der Waals surface area contributed by atoms with E-state index in [1.807, 2.05) is 30.3 Å². The maximum atomic E-state index is 6.28. The van der Waals surface area contributed by atoms with E-state index in [0.29, 0.717) is 11.0 Å². The Labute approximate surface area is 141 Å². The van der Waals surface area contributed by atoms with Crippen LogP contribution in [0, 0.1) is 3.57 Å². The number of halogens is 2. The molecule has 0 unspecified atom stereocenters. The molecule has 21 heavy (non-hydrogen) atoms. The Hall–Kier alpha value is -1.27. The van der Waals surface area contributed by atoms with Gasteiger partial charge in [0.1, 0.15) is 5.15 Å². The molecule has 0 aliphatic carbocycles. The van der Waals surface area contributed by atoms with Crippen LogP contribution in [-0.4, -0.2) is 15.0 Å². The van der Waals surface area contributed by atoms with Gasteiger partial charge in [-0.2, -0.15) is 0 Å². The molecule has 0 radical (unpaired) electrons. The molecule has 0 saturated heterocycles. The molecule has 0 N–H and O–H groups in total. The van der Waals surface area contributed by atoms with Gasteiger partial charge < -0.3 is 0 Å². The lowest BCUT2D eigenvalue weighted by Crippen LogP contribution is -2.01. The number of fused-ring (bicyclic) bond motifs is 1. The van der Waals surface area contributed by atoms with Crippen LogP contribution >= 0.6 is 34.2 Å². The second kappa shape index (κ2) is 6.23. The second-order valence-electron chi connectivity index (χ2n) is 4.72. The number of aryl methyl sites for hydroxylation is 1. The lowest BCUT2D eigenvalue weighted by Gasteiger charge is -2.09. The fraction of sp³-hybridized carbons (Fsp3) is 0.188. The smallest absolute Gasteiger partial charge is 0.161 e. The van der Waals surface area contributed by atoms with E-state index in [1.54, 1.807) is 6.20 Å². The summed E-state index contributed by atoms with van der Waals surface area (Å²) in [6.07, 6.45) is 3.71. The average Bonchev–Trinajstić information content (AvgIpc) is 2.51. The zero-order chi connectivity index (χ0) is 14.8. The first-order chi connectivity index (χ1) is 10.2. The molecule has 0 aliphatic rings. The monoisotopic (exact) mass is 409 g/mol. The summed E-state index contributed by atoms with van der Waals surface area (Å²) >= 11 is 8.49. The maximum absolute atomic E-state index is 6.28. The summed E-state index contributed by atoms with van der Waals surface area (Å²) in [4.78, 5) is 13.5. The van der Waals surface area contributed by atoms with E-state index in [4.69, 9.17) is 16.6 Å². The number of pyridine rings is 1. The van der Waals surface area contributed by atoms with Crippen LogP contribution in [0.5, 0.6) is 0 Å². The minimum atomic E-state index is 0.518. The van der Waals surface area contributed by atoms with Crippen molar-refractivity contribution in [3.63, 3.8) is 0 Å². The number of benzene rings is 1. The normalized spacial score (nSPS) is 11.0. The van der Waals surface area contributed by atoms with Crippen molar-refractivity contribution in [2.75, 3.05) is 0 Å². The Morgan fingerprint density at radius 1 is 1.14 bits per heavy atom. The molecule has 1 aromatic carbocycles. The Morgan fingerprint density at radius 3 is 2.76 bits per heavy atom. The zero-order valence-corrected chi connectivity index (χ0v) is 14.4. The summed E-state index contributed by atoms with van der Waals surface area (Å²) in [6, 6.07) is 9.93. The van der Waals surface area contributed by atoms with Gasteiger partial charge in [0.2, 0.25) is 0 Å². The van der Waals surface area contributed by atoms with Gasteiger partial charge in [0.05, 0.1) is 14.8 Å². The molecule has 0 bridgehead atoms. The molecule has 2 heterocycles. The largest absolute Gasteiger partial charge is 0.256 e. The van der Waals surface area contributed by atoms with Gasteiger partial charge in [0.25, 0.3) is 0 Å². The van der Waals surface area contributed by atoms with Crippen LogP contribution in [0.2, 0.25) is 5.15 Å². The SMILES string of the molecule is CCCc1nc(-c2ccnc3ccccc23)nc(Cl)c1I. The molecule has 0 amide bonds. The summed E-state index contributed by atoms with van der Waals surface area (Å²) in [5.74, 6) is 0.669. The number of hydrogen-bond acceptors (Lipinski definition) is 3. The second-order valence-corrected chi connectivity index (χ2v) is 6.16. The Bertz CT molecular complexity index is 799. The van der Waals surface area contributed by atoms with Crippen LogP contribution in [0.15, 0.2) is 36.5 Å². The van der Waals surface area contributed by atoms with Gasteiger partial charge in [-0.1, -0.05) is 43.1 Å². The van der Waals surface area contributed by atoms with Gasteiger partial charge in [0.15, 0.2) is 5.82 Å². The Balaban J connectivity index is 2.23. The van der Waals surface area contributed by atoms with Crippen molar-refractivity contribution in [3.8, 4) is 11.4 Å². The lowest BCUT2D eigenvalue weighted by molar-refractivity contribution is 0.867. The molecule has 3 rings (SSSR count). The van der Waals surface area contributed by atoms with Crippen molar-refractivity contribution in [1.29, 1.82) is 0 Å². The Kier molecular flexibility index (Phi) is 4.35. The van der Waals surface area contributed by atoms with Crippen molar-refractivity contribution < 1.29 is 0 Å². The van der Waals surface area contributed by atoms with Gasteiger partial charge in [-0.05, 0) is 41.1 Å². The van der Waals surface area contributed by atoms with Crippen LogP contribution in [-0.2, 0) is 6.42 Å². The van der Waals surface area contributed by atoms with Crippen molar-refractivity contribution in [3.05, 3.63) is 50.9 Å². The van der Waals surface area contributed by atoms with Crippen LogP contribution in [0.4, 0.5) is 0 Å². The molecule has 0 saturated carbocycles. The topological polar surface area (TPSA) is 38.7 Å². The van der Waals surface area contributed by atoms with Crippen molar-refractivity contribution in [2.45, 2.75) is 19.8 Å². The predicted octanol–water partition coefficient (Wildman–Crippen LogP) is 4.90. The van der Waals surface area contributed by atoms with Gasteiger partial charge in [0, 0.05) is 17.1 Å². The van der Waals surface area contributed by atoms with Crippen LogP contribution in [0.25, 0.3) is 22.3 Å². The molecule has 0 aliphatic heterocycles. The molecule has 0 fully saturated rings. The third-order valence-corrected chi connectivity index (χ3v) is 4.98. The van der Waals surface area contributed by atoms with Crippen molar-refractivity contribution in [2.24, 2.45) is 0 Å². The highest BCUT2D eigenvalue weighted by molar-refractivity contribution is 14.1. The van der Waals surface area contributed by atoms with E-state index in [9.17, 15) is 0 Å².